The lowest BCUT2D eigenvalue weighted by Gasteiger charge is -2.02. The second-order valence-corrected chi connectivity index (χ2v) is 4.67. The van der Waals surface area contributed by atoms with Gasteiger partial charge in [0.2, 0.25) is 0 Å². The van der Waals surface area contributed by atoms with Crippen molar-refractivity contribution < 1.29 is 13.0 Å². The van der Waals surface area contributed by atoms with Gasteiger partial charge in [-0.15, -0.1) is 0 Å². The van der Waals surface area contributed by atoms with Gasteiger partial charge in [0.1, 0.15) is 11.6 Å². The molecule has 0 saturated heterocycles. The van der Waals surface area contributed by atoms with Crippen LogP contribution in [0, 0.1) is 11.6 Å². The third-order valence-corrected chi connectivity index (χ3v) is 3.37. The van der Waals surface area contributed by atoms with Gasteiger partial charge < -0.3 is 0 Å². The van der Waals surface area contributed by atoms with Crippen molar-refractivity contribution in [1.82, 2.24) is 0 Å². The summed E-state index contributed by atoms with van der Waals surface area (Å²) in [7, 11) is -1.55. The molecule has 1 nitrogen and oxygen atoms in total. The van der Waals surface area contributed by atoms with E-state index in [1.54, 1.807) is 30.3 Å². The molecule has 0 N–H and O–H groups in total. The second-order valence-electron chi connectivity index (χ2n) is 3.19. The summed E-state index contributed by atoms with van der Waals surface area (Å²) in [5.74, 6) is -1.45. The van der Waals surface area contributed by atoms with Crippen molar-refractivity contribution in [2.24, 2.45) is 0 Å². The molecule has 4 heteroatoms. The first kappa shape index (κ1) is 11.0. The lowest BCUT2D eigenvalue weighted by molar-refractivity contribution is 0.576. The highest BCUT2D eigenvalue weighted by molar-refractivity contribution is 7.85. The molecular weight excluding hydrogens is 230 g/mol. The van der Waals surface area contributed by atoms with Gasteiger partial charge in [0.15, 0.2) is 0 Å². The molecule has 0 heterocycles. The second kappa shape index (κ2) is 4.53. The Kier molecular flexibility index (Phi) is 3.10. The number of hydrogen-bond acceptors (Lipinski definition) is 1. The van der Waals surface area contributed by atoms with Gasteiger partial charge in [-0.2, -0.15) is 0 Å². The van der Waals surface area contributed by atoms with Crippen molar-refractivity contribution in [1.29, 1.82) is 0 Å². The molecule has 2 aromatic carbocycles. The quantitative estimate of drug-likeness (QED) is 0.785. The zero-order chi connectivity index (χ0) is 11.5. The van der Waals surface area contributed by atoms with Gasteiger partial charge in [-0.1, -0.05) is 18.2 Å². The van der Waals surface area contributed by atoms with Crippen LogP contribution in [0.5, 0.6) is 0 Å². The number of halogens is 2. The van der Waals surface area contributed by atoms with Crippen LogP contribution in [-0.4, -0.2) is 4.21 Å². The molecule has 0 aliphatic heterocycles. The summed E-state index contributed by atoms with van der Waals surface area (Å²) in [6.45, 7) is 0. The average Bonchev–Trinajstić information content (AvgIpc) is 2.28. The highest BCUT2D eigenvalue weighted by Crippen LogP contribution is 2.18. The van der Waals surface area contributed by atoms with Crippen LogP contribution in [0.2, 0.25) is 0 Å². The van der Waals surface area contributed by atoms with Gasteiger partial charge >= 0.3 is 0 Å². The Hall–Kier alpha value is -1.55. The van der Waals surface area contributed by atoms with Crippen molar-refractivity contribution in [2.45, 2.75) is 9.79 Å². The summed E-state index contributed by atoms with van der Waals surface area (Å²) >= 11 is 0. The lowest BCUT2D eigenvalue weighted by Crippen LogP contribution is -1.94. The zero-order valence-corrected chi connectivity index (χ0v) is 9.01. The minimum atomic E-state index is -1.55. The maximum Gasteiger partial charge on any atom is 0.127 e. The summed E-state index contributed by atoms with van der Waals surface area (Å²) in [5, 5.41) is 0. The van der Waals surface area contributed by atoms with Gasteiger partial charge in [-0.3, -0.25) is 0 Å². The molecule has 0 saturated carbocycles. The molecule has 0 fully saturated rings. The van der Waals surface area contributed by atoms with Crippen LogP contribution in [0.4, 0.5) is 8.78 Å². The molecule has 2 aromatic rings. The summed E-state index contributed by atoms with van der Waals surface area (Å²) in [6, 6.07) is 11.4. The van der Waals surface area contributed by atoms with Gasteiger partial charge in [-0.05, 0) is 24.3 Å². The SMILES string of the molecule is O=S(c1ccccc1)c1cc(F)cc(F)c1. The predicted octanol–water partition coefficient (Wildman–Crippen LogP) is 3.13. The maximum atomic E-state index is 12.9. The molecule has 0 amide bonds. The summed E-state index contributed by atoms with van der Waals surface area (Å²) in [5.41, 5.74) is 0. The monoisotopic (exact) mass is 238 g/mol. The normalized spacial score (nSPS) is 12.4. The van der Waals surface area contributed by atoms with Gasteiger partial charge in [0, 0.05) is 15.9 Å². The Balaban J connectivity index is 2.42. The molecule has 0 radical (unpaired) electrons. The van der Waals surface area contributed by atoms with E-state index in [2.05, 4.69) is 0 Å². The fraction of sp³-hybridized carbons (Fsp3) is 0. The van der Waals surface area contributed by atoms with Crippen molar-refractivity contribution >= 4 is 10.8 Å². The van der Waals surface area contributed by atoms with Crippen LogP contribution >= 0.6 is 0 Å². The first-order valence-electron chi connectivity index (χ1n) is 4.60. The number of rotatable bonds is 2. The van der Waals surface area contributed by atoms with Crippen molar-refractivity contribution in [2.75, 3.05) is 0 Å². The molecule has 1 atom stereocenters. The first-order chi connectivity index (χ1) is 7.66. The van der Waals surface area contributed by atoms with E-state index in [0.29, 0.717) is 4.90 Å². The van der Waals surface area contributed by atoms with Crippen molar-refractivity contribution in [3.05, 3.63) is 60.2 Å². The van der Waals surface area contributed by atoms with E-state index in [0.717, 1.165) is 18.2 Å². The lowest BCUT2D eigenvalue weighted by atomic mass is 10.3. The standard InChI is InChI=1S/C12H8F2OS/c13-9-6-10(14)8-12(7-9)16(15)11-4-2-1-3-5-11/h1-8H. The van der Waals surface area contributed by atoms with E-state index >= 15 is 0 Å². The van der Waals surface area contributed by atoms with Gasteiger partial charge in [-0.25, -0.2) is 13.0 Å². The molecule has 82 valence electrons. The molecule has 0 aliphatic carbocycles. The van der Waals surface area contributed by atoms with E-state index in [1.165, 1.54) is 0 Å². The highest BCUT2D eigenvalue weighted by atomic mass is 32.2. The number of benzene rings is 2. The fourth-order valence-electron chi connectivity index (χ4n) is 1.32. The van der Waals surface area contributed by atoms with Gasteiger partial charge in [0.05, 0.1) is 10.8 Å². The Labute approximate surface area is 94.2 Å². The van der Waals surface area contributed by atoms with Crippen molar-refractivity contribution in [3.8, 4) is 0 Å². The Morgan fingerprint density at radius 2 is 1.38 bits per heavy atom. The summed E-state index contributed by atoms with van der Waals surface area (Å²) < 4.78 is 37.8. The molecule has 16 heavy (non-hydrogen) atoms. The minimum Gasteiger partial charge on any atom is -0.249 e. The Morgan fingerprint density at radius 1 is 0.812 bits per heavy atom. The zero-order valence-electron chi connectivity index (χ0n) is 8.19. The molecular formula is C12H8F2OS. The van der Waals surface area contributed by atoms with E-state index < -0.39 is 22.4 Å². The molecule has 0 aromatic heterocycles. The molecule has 2 rings (SSSR count). The van der Waals surface area contributed by atoms with Crippen LogP contribution in [0.3, 0.4) is 0 Å². The van der Waals surface area contributed by atoms with Crippen LogP contribution in [0.25, 0.3) is 0 Å². The van der Waals surface area contributed by atoms with E-state index in [9.17, 15) is 13.0 Å². The summed E-state index contributed by atoms with van der Waals surface area (Å²) in [4.78, 5) is 0.649. The molecule has 1 unspecified atom stereocenters. The Bertz CT molecular complexity index is 506. The molecule has 0 spiro atoms. The Morgan fingerprint density at radius 3 is 1.94 bits per heavy atom. The van der Waals surface area contributed by atoms with E-state index in [-0.39, 0.29) is 4.90 Å². The fourth-order valence-corrected chi connectivity index (χ4v) is 2.43. The van der Waals surface area contributed by atoms with Crippen molar-refractivity contribution in [3.63, 3.8) is 0 Å². The van der Waals surface area contributed by atoms with Crippen LogP contribution in [0.1, 0.15) is 0 Å². The van der Waals surface area contributed by atoms with Crippen LogP contribution < -0.4 is 0 Å². The highest BCUT2D eigenvalue weighted by Gasteiger charge is 2.09. The summed E-state index contributed by atoms with van der Waals surface area (Å²) in [6.07, 6.45) is 0. The third kappa shape index (κ3) is 2.33. The molecule has 0 bridgehead atoms. The smallest absolute Gasteiger partial charge is 0.127 e. The molecule has 0 aliphatic rings. The largest absolute Gasteiger partial charge is 0.249 e. The van der Waals surface area contributed by atoms with E-state index in [1.807, 2.05) is 0 Å². The van der Waals surface area contributed by atoms with Gasteiger partial charge in [0.25, 0.3) is 0 Å². The van der Waals surface area contributed by atoms with Crippen LogP contribution in [0.15, 0.2) is 58.3 Å². The van der Waals surface area contributed by atoms with E-state index in [4.69, 9.17) is 0 Å². The topological polar surface area (TPSA) is 17.1 Å². The maximum absolute atomic E-state index is 12.9. The predicted molar refractivity (Wildman–Crippen MR) is 57.5 cm³/mol. The average molecular weight is 238 g/mol. The first-order valence-corrected chi connectivity index (χ1v) is 5.75. The van der Waals surface area contributed by atoms with Crippen LogP contribution in [-0.2, 0) is 10.8 Å². The number of hydrogen-bond donors (Lipinski definition) is 0. The third-order valence-electron chi connectivity index (χ3n) is 2.01. The minimum absolute atomic E-state index is 0.128.